The van der Waals surface area contributed by atoms with Gasteiger partial charge in [-0.05, 0) is 18.2 Å². The molecule has 2 rings (SSSR count). The number of ether oxygens (including phenoxy) is 3. The molecule has 0 amide bonds. The van der Waals surface area contributed by atoms with Gasteiger partial charge < -0.3 is 14.2 Å². The second-order valence-electron chi connectivity index (χ2n) is 4.35. The largest absolute Gasteiger partial charge is 0.493 e. The van der Waals surface area contributed by atoms with E-state index in [0.717, 1.165) is 12.2 Å². The predicted molar refractivity (Wildman–Crippen MR) is 87.2 cm³/mol. The monoisotopic (exact) mass is 332 g/mol. The molecule has 0 spiro atoms. The first-order valence-corrected chi connectivity index (χ1v) is 6.86. The predicted octanol–water partition coefficient (Wildman–Crippen LogP) is 3.68. The number of methoxy groups -OCH3 is 1. The second-order valence-corrected chi connectivity index (χ2v) is 4.78. The minimum absolute atomic E-state index is 0.183. The van der Waals surface area contributed by atoms with Gasteiger partial charge >= 0.3 is 11.9 Å². The van der Waals surface area contributed by atoms with E-state index in [-0.39, 0.29) is 17.2 Å². The number of carbonyl (C=O) groups is 2. The summed E-state index contributed by atoms with van der Waals surface area (Å²) in [6.07, 6.45) is 2.07. The van der Waals surface area contributed by atoms with Crippen molar-refractivity contribution in [3.63, 3.8) is 0 Å². The van der Waals surface area contributed by atoms with Crippen LogP contribution in [0.25, 0.3) is 10.8 Å². The summed E-state index contributed by atoms with van der Waals surface area (Å²) in [5.74, 6) is -0.661. The van der Waals surface area contributed by atoms with Gasteiger partial charge in [0.25, 0.3) is 0 Å². The highest BCUT2D eigenvalue weighted by molar-refractivity contribution is 6.31. The maximum atomic E-state index is 11.5. The molecule has 118 valence electrons. The molecule has 0 aromatic heterocycles. The van der Waals surface area contributed by atoms with Gasteiger partial charge in [-0.2, -0.15) is 0 Å². The summed E-state index contributed by atoms with van der Waals surface area (Å²) in [6, 6.07) is 6.28. The molecule has 23 heavy (non-hydrogen) atoms. The summed E-state index contributed by atoms with van der Waals surface area (Å²) < 4.78 is 15.7. The van der Waals surface area contributed by atoms with Gasteiger partial charge in [-0.3, -0.25) is 0 Å². The molecule has 0 saturated heterocycles. The molecule has 5 nitrogen and oxygen atoms in total. The molecule has 0 fully saturated rings. The van der Waals surface area contributed by atoms with Crippen LogP contribution in [0.5, 0.6) is 17.2 Å². The van der Waals surface area contributed by atoms with Gasteiger partial charge in [0, 0.05) is 34.0 Å². The first-order valence-electron chi connectivity index (χ1n) is 6.49. The van der Waals surface area contributed by atoms with E-state index in [1.807, 2.05) is 0 Å². The Kier molecular flexibility index (Phi) is 5.03. The molecule has 0 aliphatic heterocycles. The van der Waals surface area contributed by atoms with Gasteiger partial charge in [0.05, 0.1) is 7.11 Å². The van der Waals surface area contributed by atoms with Crippen molar-refractivity contribution in [2.45, 2.75) is 0 Å². The Labute approximate surface area is 137 Å². The lowest BCUT2D eigenvalue weighted by Gasteiger charge is -2.14. The number of halogens is 1. The SMILES string of the molecule is C=CC(=O)Oc1cc(OC)c(OC(=O)C=C)c2ccc(Cl)cc12. The molecule has 6 heteroatoms. The maximum absolute atomic E-state index is 11.5. The number of benzene rings is 2. The van der Waals surface area contributed by atoms with E-state index in [2.05, 4.69) is 13.2 Å². The number of fused-ring (bicyclic) bond motifs is 1. The smallest absolute Gasteiger partial charge is 0.335 e. The summed E-state index contributed by atoms with van der Waals surface area (Å²) in [5.41, 5.74) is 0. The lowest BCUT2D eigenvalue weighted by Crippen LogP contribution is -2.07. The standard InChI is InChI=1S/C17H13ClO5/c1-4-15(19)22-13-9-14(21-3)17(23-16(20)5-2)11-7-6-10(18)8-12(11)13/h4-9H,1-2H2,3H3. The number of esters is 2. The fourth-order valence-electron chi connectivity index (χ4n) is 1.95. The van der Waals surface area contributed by atoms with Crippen LogP contribution in [0.15, 0.2) is 49.6 Å². The third-order valence-corrected chi connectivity index (χ3v) is 3.18. The Morgan fingerprint density at radius 1 is 1.00 bits per heavy atom. The molecule has 0 heterocycles. The molecule has 0 bridgehead atoms. The zero-order valence-corrected chi connectivity index (χ0v) is 13.1. The highest BCUT2D eigenvalue weighted by Crippen LogP contribution is 2.42. The van der Waals surface area contributed by atoms with Gasteiger partial charge in [-0.15, -0.1) is 0 Å². The van der Waals surface area contributed by atoms with Gasteiger partial charge in [-0.25, -0.2) is 9.59 Å². The van der Waals surface area contributed by atoms with Crippen molar-refractivity contribution < 1.29 is 23.8 Å². The number of hydrogen-bond acceptors (Lipinski definition) is 5. The van der Waals surface area contributed by atoms with Crippen LogP contribution in [0.1, 0.15) is 0 Å². The Morgan fingerprint density at radius 3 is 2.26 bits per heavy atom. The van der Waals surface area contributed by atoms with Crippen molar-refractivity contribution in [2.24, 2.45) is 0 Å². The van der Waals surface area contributed by atoms with Gasteiger partial charge in [0.1, 0.15) is 5.75 Å². The van der Waals surface area contributed by atoms with Gasteiger partial charge in [-0.1, -0.05) is 24.8 Å². The highest BCUT2D eigenvalue weighted by Gasteiger charge is 2.18. The molecule has 0 saturated carbocycles. The molecule has 2 aromatic rings. The van der Waals surface area contributed by atoms with Crippen LogP contribution >= 0.6 is 11.6 Å². The summed E-state index contributed by atoms with van der Waals surface area (Å²) in [5, 5.41) is 1.41. The average Bonchev–Trinajstić information content (AvgIpc) is 2.56. The van der Waals surface area contributed by atoms with Crippen molar-refractivity contribution in [1.29, 1.82) is 0 Å². The Bertz CT molecular complexity index is 810. The van der Waals surface area contributed by atoms with E-state index in [1.165, 1.54) is 13.2 Å². The van der Waals surface area contributed by atoms with Crippen molar-refractivity contribution in [1.82, 2.24) is 0 Å². The molecule has 0 N–H and O–H groups in total. The van der Waals surface area contributed by atoms with E-state index >= 15 is 0 Å². The lowest BCUT2D eigenvalue weighted by molar-refractivity contribution is -0.130. The van der Waals surface area contributed by atoms with Crippen LogP contribution in [0.3, 0.4) is 0 Å². The van der Waals surface area contributed by atoms with E-state index in [4.69, 9.17) is 25.8 Å². The molecular weight excluding hydrogens is 320 g/mol. The fourth-order valence-corrected chi connectivity index (χ4v) is 2.12. The third-order valence-electron chi connectivity index (χ3n) is 2.94. The summed E-state index contributed by atoms with van der Waals surface area (Å²) >= 11 is 6.00. The third kappa shape index (κ3) is 3.52. The summed E-state index contributed by atoms with van der Waals surface area (Å²) in [6.45, 7) is 6.71. The van der Waals surface area contributed by atoms with Crippen LogP contribution in [-0.2, 0) is 9.59 Å². The van der Waals surface area contributed by atoms with Gasteiger partial charge in [0.2, 0.25) is 0 Å². The van der Waals surface area contributed by atoms with Crippen LogP contribution < -0.4 is 14.2 Å². The molecule has 0 radical (unpaired) electrons. The zero-order valence-electron chi connectivity index (χ0n) is 12.3. The topological polar surface area (TPSA) is 61.8 Å². The van der Waals surface area contributed by atoms with Crippen molar-refractivity contribution in [3.8, 4) is 17.2 Å². The maximum Gasteiger partial charge on any atom is 0.335 e. The average molecular weight is 333 g/mol. The van der Waals surface area contributed by atoms with Crippen molar-refractivity contribution in [3.05, 3.63) is 54.6 Å². The zero-order chi connectivity index (χ0) is 17.0. The van der Waals surface area contributed by atoms with Crippen molar-refractivity contribution >= 4 is 34.3 Å². The van der Waals surface area contributed by atoms with Crippen LogP contribution in [0.2, 0.25) is 5.02 Å². The van der Waals surface area contributed by atoms with E-state index in [9.17, 15) is 9.59 Å². The van der Waals surface area contributed by atoms with E-state index in [0.29, 0.717) is 15.8 Å². The first kappa shape index (κ1) is 16.6. The van der Waals surface area contributed by atoms with Gasteiger partial charge in [0.15, 0.2) is 11.5 Å². The fraction of sp³-hybridized carbons (Fsp3) is 0.0588. The molecule has 0 aliphatic carbocycles. The van der Waals surface area contributed by atoms with E-state index < -0.39 is 11.9 Å². The number of hydrogen-bond donors (Lipinski definition) is 0. The van der Waals surface area contributed by atoms with E-state index in [1.54, 1.807) is 18.2 Å². The molecule has 0 unspecified atom stereocenters. The summed E-state index contributed by atoms with van der Waals surface area (Å²) in [4.78, 5) is 23.1. The minimum Gasteiger partial charge on any atom is -0.493 e. The van der Waals surface area contributed by atoms with Crippen LogP contribution in [-0.4, -0.2) is 19.0 Å². The number of rotatable bonds is 5. The Balaban J connectivity index is 2.73. The molecule has 0 atom stereocenters. The van der Waals surface area contributed by atoms with Crippen LogP contribution in [0.4, 0.5) is 0 Å². The molecule has 2 aromatic carbocycles. The summed E-state index contributed by atoms with van der Waals surface area (Å²) in [7, 11) is 1.40. The number of carbonyl (C=O) groups excluding carboxylic acids is 2. The first-order chi connectivity index (χ1) is 11.0. The van der Waals surface area contributed by atoms with Crippen LogP contribution in [0, 0.1) is 0 Å². The second kappa shape index (κ2) is 6.98. The Hall–Kier alpha value is -2.79. The van der Waals surface area contributed by atoms with Crippen molar-refractivity contribution in [2.75, 3.05) is 7.11 Å². The highest BCUT2D eigenvalue weighted by atomic mass is 35.5. The molecular formula is C17H13ClO5. The lowest BCUT2D eigenvalue weighted by atomic mass is 10.1. The minimum atomic E-state index is -0.643. The Morgan fingerprint density at radius 2 is 1.65 bits per heavy atom. The quantitative estimate of drug-likeness (QED) is 0.475. The molecule has 0 aliphatic rings. The normalized spacial score (nSPS) is 10.0.